The molecule has 1 aromatic heterocycles. The van der Waals surface area contributed by atoms with Crippen molar-refractivity contribution in [3.8, 4) is 56.0 Å². The minimum absolute atomic E-state index is 0. The summed E-state index contributed by atoms with van der Waals surface area (Å²) in [4.78, 5) is 11.8. The standard InChI is InChI=1S/C79H69N4OSi.Pt/c1-52-44-75(80-50-66(52)54-38-40-56(41-39-54)77(2,3)4)83-69-34-18-21-37-73(69)85(71-35-19-14-28-64(71)65-29-15-20-36-72(65)85)74-43-42-61(49-70(74)83)84-60-27-22-26-59(48-60)81-51-82(68-33-17-16-32-67(68)81)76-62(53-24-12-11-13-25-53)30-23-31-63(76)55-45-57(78(5,6)7)47-58(46-55)79(8,9)10;/h11-47,50-51H,1-10H3;/q-3;/i11D,12D,13D,24D,25D;. The minimum atomic E-state index is -3.00. The number of hydrogen-bond donors (Lipinski definition) is 0. The zero-order valence-corrected chi connectivity index (χ0v) is 53.4. The molecule has 10 aromatic carbocycles. The molecular weight excluding hydrogens is 1240 g/mol. The first-order valence-corrected chi connectivity index (χ1v) is 31.3. The van der Waals surface area contributed by atoms with Crippen molar-refractivity contribution < 1.29 is 32.7 Å². The van der Waals surface area contributed by atoms with E-state index in [9.17, 15) is 2.74 Å². The van der Waals surface area contributed by atoms with Crippen LogP contribution in [0, 0.1) is 25.7 Å². The van der Waals surface area contributed by atoms with E-state index in [0.717, 1.165) is 67.5 Å². The zero-order chi connectivity index (χ0) is 62.9. The van der Waals surface area contributed by atoms with Crippen molar-refractivity contribution >= 4 is 68.8 Å². The van der Waals surface area contributed by atoms with Crippen LogP contribution < -0.4 is 40.2 Å². The number of aryl methyl sites for hydroxylation is 1. The topological polar surface area (TPSA) is 31.8 Å². The zero-order valence-electron chi connectivity index (χ0n) is 55.1. The van der Waals surface area contributed by atoms with Gasteiger partial charge in [-0.1, -0.05) is 238 Å². The quantitative estimate of drug-likeness (QED) is 0.112. The van der Waals surface area contributed by atoms with E-state index in [4.69, 9.17) is 13.8 Å². The molecule has 0 saturated carbocycles. The summed E-state index contributed by atoms with van der Waals surface area (Å²) in [6.07, 6.45) is 2.01. The van der Waals surface area contributed by atoms with Gasteiger partial charge >= 0.3 is 0 Å². The first-order chi connectivity index (χ1) is 43.0. The van der Waals surface area contributed by atoms with Crippen LogP contribution in [-0.4, -0.2) is 13.1 Å². The van der Waals surface area contributed by atoms with E-state index in [2.05, 4.69) is 248 Å². The molecule has 0 unspecified atom stereocenters. The molecular formula is C79H69N4OPtSi-3. The number of nitrogens with zero attached hydrogens (tertiary/aromatic N) is 4. The Kier molecular flexibility index (Phi) is 12.7. The summed E-state index contributed by atoms with van der Waals surface area (Å²) in [5.74, 6) is 1.77. The molecule has 1 spiro atoms. The number of fused-ring (bicyclic) bond motifs is 10. The predicted molar refractivity (Wildman–Crippen MR) is 358 cm³/mol. The third-order valence-electron chi connectivity index (χ3n) is 17.3. The van der Waals surface area contributed by atoms with Gasteiger partial charge in [-0.15, -0.1) is 47.9 Å². The minimum Gasteiger partial charge on any atom is -0.509 e. The number of aromatic nitrogens is 1. The van der Waals surface area contributed by atoms with Gasteiger partial charge in [0.25, 0.3) is 0 Å². The third-order valence-corrected chi connectivity index (χ3v) is 22.2. The van der Waals surface area contributed by atoms with Gasteiger partial charge in [-0.05, 0) is 113 Å². The normalized spacial score (nSPS) is 14.6. The van der Waals surface area contributed by atoms with Crippen LogP contribution in [0.5, 0.6) is 11.5 Å². The Balaban J connectivity index is 0.00000758. The van der Waals surface area contributed by atoms with Gasteiger partial charge in [0.05, 0.1) is 6.85 Å². The van der Waals surface area contributed by atoms with Crippen molar-refractivity contribution in [3.05, 3.63) is 272 Å². The van der Waals surface area contributed by atoms with Gasteiger partial charge in [0.15, 0.2) is 0 Å². The molecule has 0 bridgehead atoms. The van der Waals surface area contributed by atoms with Gasteiger partial charge in [-0.3, -0.25) is 0 Å². The van der Waals surface area contributed by atoms with E-state index in [-0.39, 0.29) is 55.0 Å². The third kappa shape index (κ3) is 9.53. The Labute approximate surface area is 531 Å². The van der Waals surface area contributed by atoms with Gasteiger partial charge in [0.2, 0.25) is 0 Å². The van der Waals surface area contributed by atoms with E-state index in [1.54, 1.807) is 0 Å². The van der Waals surface area contributed by atoms with Crippen LogP contribution in [0.4, 0.5) is 39.9 Å². The molecule has 5 nitrogen and oxygen atoms in total. The number of hydrogen-bond acceptors (Lipinski definition) is 5. The van der Waals surface area contributed by atoms with E-state index in [1.165, 1.54) is 37.4 Å². The molecule has 86 heavy (non-hydrogen) atoms. The van der Waals surface area contributed by atoms with Crippen LogP contribution in [0.15, 0.2) is 231 Å². The number of rotatable bonds is 8. The summed E-state index contributed by atoms with van der Waals surface area (Å²) < 4.78 is 52.0. The first kappa shape index (κ1) is 50.7. The van der Waals surface area contributed by atoms with Gasteiger partial charge in [-0.2, -0.15) is 12.1 Å². The number of benzene rings is 10. The smallest absolute Gasteiger partial charge is 0.135 e. The van der Waals surface area contributed by atoms with Crippen LogP contribution in [0.1, 0.15) is 91.4 Å². The predicted octanol–water partition coefficient (Wildman–Crippen LogP) is 18.2. The largest absolute Gasteiger partial charge is 0.509 e. The molecule has 11 aromatic rings. The number of para-hydroxylation sites is 4. The maximum Gasteiger partial charge on any atom is 0.135 e. The van der Waals surface area contributed by atoms with E-state index >= 15 is 0 Å². The summed E-state index contributed by atoms with van der Waals surface area (Å²) in [5.41, 5.74) is 16.4. The summed E-state index contributed by atoms with van der Waals surface area (Å²) in [6.45, 7) is 24.2. The second kappa shape index (κ2) is 21.5. The Morgan fingerprint density at radius 2 is 1.01 bits per heavy atom. The Bertz CT molecular complexity index is 4630. The SMILES string of the molecule is [2H]c1c([2H])c([2H])c(-c2cccc(-c3cc(C(C)(C)C)cc(C(C)(C)C)c3)c2N2[CH-]N(c3[c-]c(Oc4[c-]c5c(cc4)[Si]4(c6ccccc6-c6ccccc64)c4ccccc4N5c4cc(C)c(-c5ccc(C(C)(C)C)cc5)cn4)ccc3)c3ccccc32)c([2H])c1[2H].[Pt]. The molecule has 0 radical (unpaired) electrons. The van der Waals surface area contributed by atoms with E-state index < -0.39 is 26.2 Å². The summed E-state index contributed by atoms with van der Waals surface area (Å²) in [7, 11) is -3.00. The van der Waals surface area contributed by atoms with Crippen LogP contribution in [-0.2, 0) is 37.3 Å². The maximum atomic E-state index is 9.35. The van der Waals surface area contributed by atoms with Gasteiger partial charge in [-0.25, -0.2) is 4.98 Å². The molecule has 0 fully saturated rings. The molecule has 0 aliphatic carbocycles. The monoisotopic (exact) mass is 1320 g/mol. The van der Waals surface area contributed by atoms with Crippen molar-refractivity contribution in [1.29, 1.82) is 0 Å². The number of pyridine rings is 1. The second-order valence-electron chi connectivity index (χ2n) is 25.8. The molecule has 0 saturated heterocycles. The molecule has 0 N–H and O–H groups in total. The van der Waals surface area contributed by atoms with E-state index in [0.29, 0.717) is 28.4 Å². The van der Waals surface area contributed by atoms with Crippen molar-refractivity contribution in [2.45, 2.75) is 85.5 Å². The Hall–Kier alpha value is -8.54. The van der Waals surface area contributed by atoms with Gasteiger partial charge in [0.1, 0.15) is 13.9 Å². The maximum absolute atomic E-state index is 9.35. The van der Waals surface area contributed by atoms with Gasteiger partial charge < -0.3 is 19.4 Å². The van der Waals surface area contributed by atoms with Crippen LogP contribution in [0.2, 0.25) is 0 Å². The molecule has 0 atom stereocenters. The molecule has 428 valence electrons. The van der Waals surface area contributed by atoms with Gasteiger partial charge in [0, 0.05) is 78.2 Å². The average molecular weight is 1320 g/mol. The molecule has 14 rings (SSSR count). The molecule has 7 heteroatoms. The van der Waals surface area contributed by atoms with Crippen molar-refractivity contribution in [3.63, 3.8) is 0 Å². The van der Waals surface area contributed by atoms with Crippen LogP contribution in [0.25, 0.3) is 44.5 Å². The molecule has 3 aliphatic rings. The summed E-state index contributed by atoms with van der Waals surface area (Å²) in [6, 6.07) is 74.6. The molecule has 0 amide bonds. The fraction of sp³-hybridized carbons (Fsp3) is 0.165. The van der Waals surface area contributed by atoms with Crippen LogP contribution in [0.3, 0.4) is 0 Å². The average Bonchev–Trinajstić information content (AvgIpc) is 1.59. The summed E-state index contributed by atoms with van der Waals surface area (Å²) >= 11 is 0. The number of anilines is 7. The first-order valence-electron chi connectivity index (χ1n) is 31.8. The van der Waals surface area contributed by atoms with Crippen molar-refractivity contribution in [1.82, 2.24) is 4.98 Å². The Morgan fingerprint density at radius 3 is 1.64 bits per heavy atom. The fourth-order valence-corrected chi connectivity index (χ4v) is 18.4. The van der Waals surface area contributed by atoms with Crippen LogP contribution >= 0.6 is 0 Å². The fourth-order valence-electron chi connectivity index (χ4n) is 12.9. The van der Waals surface area contributed by atoms with Crippen molar-refractivity contribution in [2.75, 3.05) is 14.7 Å². The molecule has 4 heterocycles. The van der Waals surface area contributed by atoms with E-state index in [1.807, 2.05) is 55.3 Å². The molecule has 3 aliphatic heterocycles. The second-order valence-corrected chi connectivity index (χ2v) is 29.5. The number of ether oxygens (including phenoxy) is 1. The summed E-state index contributed by atoms with van der Waals surface area (Å²) in [5, 5.41) is 5.16. The Morgan fingerprint density at radius 1 is 0.465 bits per heavy atom. The van der Waals surface area contributed by atoms with Crippen molar-refractivity contribution in [2.24, 2.45) is 0 Å².